The summed E-state index contributed by atoms with van der Waals surface area (Å²) >= 11 is 0. The Kier molecular flexibility index (Phi) is 4.07. The van der Waals surface area contributed by atoms with Gasteiger partial charge in [-0.2, -0.15) is 0 Å². The van der Waals surface area contributed by atoms with Gasteiger partial charge in [-0.25, -0.2) is 9.48 Å². The summed E-state index contributed by atoms with van der Waals surface area (Å²) in [5.41, 5.74) is 1.69. The zero-order chi connectivity index (χ0) is 13.7. The number of benzene rings is 1. The first-order chi connectivity index (χ1) is 9.24. The predicted octanol–water partition coefficient (Wildman–Crippen LogP) is 1.03. The van der Waals surface area contributed by atoms with E-state index >= 15 is 0 Å². The van der Waals surface area contributed by atoms with E-state index in [0.717, 1.165) is 11.4 Å². The second kappa shape index (κ2) is 5.94. The van der Waals surface area contributed by atoms with E-state index < -0.39 is 0 Å². The Morgan fingerprint density at radius 2 is 2.16 bits per heavy atom. The molecule has 0 fully saturated rings. The fraction of sp³-hybridized carbons (Fsp3) is 0.333. The minimum atomic E-state index is -0.344. The van der Waals surface area contributed by atoms with Crippen molar-refractivity contribution in [3.8, 4) is 5.69 Å². The molecule has 1 heterocycles. The second-order valence-electron chi connectivity index (χ2n) is 3.93. The van der Waals surface area contributed by atoms with E-state index in [0.29, 0.717) is 6.42 Å². The first kappa shape index (κ1) is 13.0. The van der Waals surface area contributed by atoms with Gasteiger partial charge in [0.25, 0.3) is 0 Å². The molecule has 19 heavy (non-hydrogen) atoms. The number of ether oxygens (including phenoxy) is 1. The molecule has 0 radical (unpaired) electrons. The molecule has 0 aliphatic rings. The number of carbonyl (C=O) groups is 1. The standard InChI is InChI=1S/C12H15N5O2/c1-3-11(12(18)19-2)14-9-4-6-10(7-5-9)17-8-13-15-16-17/h4-8,11,14H,3H2,1-2H3. The largest absolute Gasteiger partial charge is 0.467 e. The molecule has 0 aliphatic carbocycles. The van der Waals surface area contributed by atoms with Crippen LogP contribution in [0.4, 0.5) is 5.69 Å². The minimum absolute atomic E-state index is 0.271. The van der Waals surface area contributed by atoms with Gasteiger partial charge in [0, 0.05) is 5.69 Å². The first-order valence-corrected chi connectivity index (χ1v) is 5.92. The van der Waals surface area contributed by atoms with E-state index in [9.17, 15) is 4.79 Å². The smallest absolute Gasteiger partial charge is 0.328 e. The molecule has 0 aliphatic heterocycles. The van der Waals surface area contributed by atoms with Gasteiger partial charge in [-0.05, 0) is 41.1 Å². The summed E-state index contributed by atoms with van der Waals surface area (Å²) in [7, 11) is 1.38. The van der Waals surface area contributed by atoms with Gasteiger partial charge in [-0.1, -0.05) is 6.92 Å². The highest BCUT2D eigenvalue weighted by atomic mass is 16.5. The molecule has 0 saturated carbocycles. The highest BCUT2D eigenvalue weighted by Crippen LogP contribution is 2.14. The van der Waals surface area contributed by atoms with Crippen LogP contribution in [0.2, 0.25) is 0 Å². The van der Waals surface area contributed by atoms with E-state index in [-0.39, 0.29) is 12.0 Å². The highest BCUT2D eigenvalue weighted by molar-refractivity contribution is 5.79. The molecule has 7 heteroatoms. The maximum Gasteiger partial charge on any atom is 0.328 e. The number of esters is 1. The summed E-state index contributed by atoms with van der Waals surface area (Å²) in [4.78, 5) is 11.5. The van der Waals surface area contributed by atoms with Crippen molar-refractivity contribution in [2.24, 2.45) is 0 Å². The third-order valence-electron chi connectivity index (χ3n) is 2.72. The summed E-state index contributed by atoms with van der Waals surface area (Å²) in [6.45, 7) is 1.92. The fourth-order valence-electron chi connectivity index (χ4n) is 1.66. The summed E-state index contributed by atoms with van der Waals surface area (Å²) in [5, 5.41) is 14.1. The van der Waals surface area contributed by atoms with Crippen LogP contribution in [0.15, 0.2) is 30.6 Å². The number of carbonyl (C=O) groups excluding carboxylic acids is 1. The second-order valence-corrected chi connectivity index (χ2v) is 3.93. The molecule has 1 aromatic heterocycles. The topological polar surface area (TPSA) is 81.9 Å². The van der Waals surface area contributed by atoms with E-state index in [1.165, 1.54) is 13.4 Å². The Bertz CT molecular complexity index is 524. The van der Waals surface area contributed by atoms with Gasteiger partial charge >= 0.3 is 5.97 Å². The summed E-state index contributed by atoms with van der Waals surface area (Å²) in [6, 6.07) is 7.11. The average Bonchev–Trinajstić information content (AvgIpc) is 2.98. The van der Waals surface area contributed by atoms with Crippen molar-refractivity contribution < 1.29 is 9.53 Å². The highest BCUT2D eigenvalue weighted by Gasteiger charge is 2.16. The SMILES string of the molecule is CCC(Nc1ccc(-n2cnnn2)cc1)C(=O)OC. The number of methoxy groups -OCH3 is 1. The maximum atomic E-state index is 11.5. The van der Waals surface area contributed by atoms with E-state index in [1.807, 2.05) is 31.2 Å². The molecule has 1 atom stereocenters. The van der Waals surface area contributed by atoms with E-state index in [1.54, 1.807) is 4.68 Å². The van der Waals surface area contributed by atoms with Crippen LogP contribution in [-0.2, 0) is 9.53 Å². The molecule has 2 rings (SSSR count). The number of nitrogens with zero attached hydrogens (tertiary/aromatic N) is 4. The third kappa shape index (κ3) is 3.06. The van der Waals surface area contributed by atoms with Crippen LogP contribution in [0.25, 0.3) is 5.69 Å². The Hall–Kier alpha value is -2.44. The van der Waals surface area contributed by atoms with Crippen molar-refractivity contribution in [1.29, 1.82) is 0 Å². The zero-order valence-corrected chi connectivity index (χ0v) is 10.8. The number of anilines is 1. The number of tetrazole rings is 1. The molecule has 0 saturated heterocycles. The van der Waals surface area contributed by atoms with Crippen molar-refractivity contribution in [3.63, 3.8) is 0 Å². The lowest BCUT2D eigenvalue weighted by atomic mass is 10.2. The number of hydrogen-bond acceptors (Lipinski definition) is 6. The van der Waals surface area contributed by atoms with Crippen LogP contribution in [0.1, 0.15) is 13.3 Å². The Morgan fingerprint density at radius 1 is 1.42 bits per heavy atom. The van der Waals surface area contributed by atoms with Crippen LogP contribution in [0.3, 0.4) is 0 Å². The monoisotopic (exact) mass is 261 g/mol. The van der Waals surface area contributed by atoms with E-state index in [2.05, 4.69) is 20.8 Å². The van der Waals surface area contributed by atoms with Gasteiger partial charge in [-0.15, -0.1) is 5.10 Å². The van der Waals surface area contributed by atoms with Crippen molar-refractivity contribution in [1.82, 2.24) is 20.2 Å². The number of rotatable bonds is 5. The van der Waals surface area contributed by atoms with Crippen LogP contribution >= 0.6 is 0 Å². The van der Waals surface area contributed by atoms with Crippen molar-refractivity contribution in [2.75, 3.05) is 12.4 Å². The van der Waals surface area contributed by atoms with Crippen molar-refractivity contribution >= 4 is 11.7 Å². The van der Waals surface area contributed by atoms with Crippen LogP contribution in [0.5, 0.6) is 0 Å². The molecule has 1 N–H and O–H groups in total. The lowest BCUT2D eigenvalue weighted by Gasteiger charge is -2.15. The molecule has 0 spiro atoms. The van der Waals surface area contributed by atoms with Gasteiger partial charge in [-0.3, -0.25) is 0 Å². The lowest BCUT2D eigenvalue weighted by molar-refractivity contribution is -0.141. The number of nitrogens with one attached hydrogen (secondary N) is 1. The van der Waals surface area contributed by atoms with Gasteiger partial charge in [0.05, 0.1) is 12.8 Å². The summed E-state index contributed by atoms with van der Waals surface area (Å²) in [5.74, 6) is -0.271. The Labute approximate surface area is 110 Å². The first-order valence-electron chi connectivity index (χ1n) is 5.92. The molecular formula is C12H15N5O2. The molecule has 0 bridgehead atoms. The van der Waals surface area contributed by atoms with Gasteiger partial charge in [0.1, 0.15) is 12.4 Å². The Balaban J connectivity index is 2.08. The predicted molar refractivity (Wildman–Crippen MR) is 68.9 cm³/mol. The van der Waals surface area contributed by atoms with E-state index in [4.69, 9.17) is 4.74 Å². The molecule has 2 aromatic rings. The maximum absolute atomic E-state index is 11.5. The van der Waals surface area contributed by atoms with Crippen molar-refractivity contribution in [2.45, 2.75) is 19.4 Å². The van der Waals surface area contributed by atoms with Crippen LogP contribution in [-0.4, -0.2) is 39.3 Å². The van der Waals surface area contributed by atoms with Crippen LogP contribution in [0, 0.1) is 0 Å². The average molecular weight is 261 g/mol. The molecule has 0 amide bonds. The molecule has 7 nitrogen and oxygen atoms in total. The number of hydrogen-bond donors (Lipinski definition) is 1. The number of aromatic nitrogens is 4. The van der Waals surface area contributed by atoms with Gasteiger partial charge < -0.3 is 10.1 Å². The molecule has 100 valence electrons. The van der Waals surface area contributed by atoms with Crippen molar-refractivity contribution in [3.05, 3.63) is 30.6 Å². The third-order valence-corrected chi connectivity index (χ3v) is 2.72. The zero-order valence-electron chi connectivity index (χ0n) is 10.8. The minimum Gasteiger partial charge on any atom is -0.467 e. The quantitative estimate of drug-likeness (QED) is 0.809. The normalized spacial score (nSPS) is 11.9. The summed E-state index contributed by atoms with van der Waals surface area (Å²) < 4.78 is 6.28. The fourth-order valence-corrected chi connectivity index (χ4v) is 1.66. The Morgan fingerprint density at radius 3 is 2.68 bits per heavy atom. The van der Waals surface area contributed by atoms with Crippen LogP contribution < -0.4 is 5.32 Å². The molecule has 1 unspecified atom stereocenters. The molecule has 1 aromatic carbocycles. The summed E-state index contributed by atoms with van der Waals surface area (Å²) in [6.07, 6.45) is 2.17. The van der Waals surface area contributed by atoms with Gasteiger partial charge in [0.2, 0.25) is 0 Å². The molecular weight excluding hydrogens is 246 g/mol. The lowest BCUT2D eigenvalue weighted by Crippen LogP contribution is -2.29. The van der Waals surface area contributed by atoms with Gasteiger partial charge in [0.15, 0.2) is 0 Å².